The van der Waals surface area contributed by atoms with Crippen LogP contribution in [0.2, 0.25) is 0 Å². The van der Waals surface area contributed by atoms with Gasteiger partial charge in [-0.1, -0.05) is 0 Å². The molecule has 4 nitrogen and oxygen atoms in total. The number of carboxylic acid groups (broad SMARTS) is 1. The van der Waals surface area contributed by atoms with Crippen LogP contribution >= 0.6 is 23.7 Å². The van der Waals surface area contributed by atoms with Gasteiger partial charge in [-0.05, 0) is 12.8 Å². The van der Waals surface area contributed by atoms with Crippen LogP contribution in [0, 0.1) is 5.92 Å². The molecule has 0 bridgehead atoms. The summed E-state index contributed by atoms with van der Waals surface area (Å²) in [5.41, 5.74) is 0. The number of rotatable bonds is 2. The lowest BCUT2D eigenvalue weighted by atomic mass is 9.99. The summed E-state index contributed by atoms with van der Waals surface area (Å²) in [7, 11) is 0. The number of nitrogens with zero attached hydrogens (tertiary/aromatic N) is 2. The molecule has 1 aromatic heterocycles. The van der Waals surface area contributed by atoms with Gasteiger partial charge in [0.25, 0.3) is 0 Å². The predicted molar refractivity (Wildman–Crippen MR) is 61.9 cm³/mol. The van der Waals surface area contributed by atoms with Crippen molar-refractivity contribution in [3.63, 3.8) is 0 Å². The van der Waals surface area contributed by atoms with Crippen molar-refractivity contribution >= 4 is 34.8 Å². The van der Waals surface area contributed by atoms with Crippen LogP contribution in [0.25, 0.3) is 0 Å². The maximum atomic E-state index is 10.8. The predicted octanol–water partition coefficient (Wildman–Crippen LogP) is 1.87. The van der Waals surface area contributed by atoms with E-state index in [1.165, 1.54) is 0 Å². The van der Waals surface area contributed by atoms with E-state index in [1.807, 2.05) is 5.38 Å². The van der Waals surface area contributed by atoms with E-state index in [1.54, 1.807) is 17.5 Å². The summed E-state index contributed by atoms with van der Waals surface area (Å²) in [6.07, 6.45) is 3.48. The van der Waals surface area contributed by atoms with Crippen LogP contribution in [0.4, 0.5) is 5.13 Å². The largest absolute Gasteiger partial charge is 0.481 e. The van der Waals surface area contributed by atoms with Gasteiger partial charge in [-0.2, -0.15) is 0 Å². The highest BCUT2D eigenvalue weighted by Crippen LogP contribution is 2.24. The fourth-order valence-electron chi connectivity index (χ4n) is 1.72. The summed E-state index contributed by atoms with van der Waals surface area (Å²) in [6.45, 7) is 1.53. The van der Waals surface area contributed by atoms with Gasteiger partial charge < -0.3 is 10.0 Å². The van der Waals surface area contributed by atoms with Gasteiger partial charge in [-0.3, -0.25) is 4.79 Å². The molecule has 1 fully saturated rings. The van der Waals surface area contributed by atoms with E-state index in [0.29, 0.717) is 6.54 Å². The molecule has 0 radical (unpaired) electrons. The van der Waals surface area contributed by atoms with Gasteiger partial charge in [-0.25, -0.2) is 4.98 Å². The monoisotopic (exact) mass is 248 g/mol. The topological polar surface area (TPSA) is 53.4 Å². The first kappa shape index (κ1) is 12.3. The van der Waals surface area contributed by atoms with Gasteiger partial charge in [0.1, 0.15) is 0 Å². The van der Waals surface area contributed by atoms with E-state index in [9.17, 15) is 4.79 Å². The number of carbonyl (C=O) groups is 1. The second-order valence-electron chi connectivity index (χ2n) is 3.44. The van der Waals surface area contributed by atoms with Crippen molar-refractivity contribution in [1.82, 2.24) is 4.98 Å². The Morgan fingerprint density at radius 1 is 1.67 bits per heavy atom. The van der Waals surface area contributed by atoms with Crippen LogP contribution in [0.5, 0.6) is 0 Å². The smallest absolute Gasteiger partial charge is 0.308 e. The molecular formula is C9H13ClN2O2S. The van der Waals surface area contributed by atoms with E-state index in [4.69, 9.17) is 5.11 Å². The van der Waals surface area contributed by atoms with Crippen LogP contribution < -0.4 is 4.90 Å². The third kappa shape index (κ3) is 2.82. The number of hydrogen-bond donors (Lipinski definition) is 1. The van der Waals surface area contributed by atoms with E-state index < -0.39 is 5.97 Å². The van der Waals surface area contributed by atoms with E-state index in [0.717, 1.165) is 24.5 Å². The highest BCUT2D eigenvalue weighted by atomic mass is 35.5. The average Bonchev–Trinajstić information content (AvgIpc) is 2.71. The zero-order valence-corrected chi connectivity index (χ0v) is 9.76. The molecule has 0 saturated carbocycles. The van der Waals surface area contributed by atoms with E-state index in [2.05, 4.69) is 9.88 Å². The Morgan fingerprint density at radius 2 is 2.47 bits per heavy atom. The lowest BCUT2D eigenvalue weighted by molar-refractivity contribution is -0.141. The lowest BCUT2D eigenvalue weighted by Gasteiger charge is -2.30. The fraction of sp³-hybridized carbons (Fsp3) is 0.556. The first-order chi connectivity index (χ1) is 6.77. The van der Waals surface area contributed by atoms with Gasteiger partial charge in [0.2, 0.25) is 0 Å². The summed E-state index contributed by atoms with van der Waals surface area (Å²) in [6, 6.07) is 0. The molecule has 0 amide bonds. The van der Waals surface area contributed by atoms with E-state index >= 15 is 0 Å². The molecule has 1 aliphatic rings. The van der Waals surface area contributed by atoms with Crippen molar-refractivity contribution in [3.8, 4) is 0 Å². The molecule has 2 heterocycles. The minimum Gasteiger partial charge on any atom is -0.481 e. The molecule has 1 aliphatic heterocycles. The Labute approximate surface area is 98.3 Å². The number of thiazole rings is 1. The average molecular weight is 249 g/mol. The van der Waals surface area contributed by atoms with Gasteiger partial charge in [0, 0.05) is 24.7 Å². The van der Waals surface area contributed by atoms with Crippen molar-refractivity contribution in [3.05, 3.63) is 11.6 Å². The van der Waals surface area contributed by atoms with Crippen LogP contribution in [-0.4, -0.2) is 29.1 Å². The second kappa shape index (κ2) is 5.32. The number of anilines is 1. The summed E-state index contributed by atoms with van der Waals surface area (Å²) >= 11 is 1.57. The second-order valence-corrected chi connectivity index (χ2v) is 4.31. The minimum absolute atomic E-state index is 0. The van der Waals surface area contributed by atoms with Crippen molar-refractivity contribution in [2.24, 2.45) is 5.92 Å². The Bertz CT molecular complexity index is 318. The van der Waals surface area contributed by atoms with Crippen molar-refractivity contribution < 1.29 is 9.90 Å². The molecule has 0 spiro atoms. The zero-order chi connectivity index (χ0) is 9.97. The first-order valence-corrected chi connectivity index (χ1v) is 5.52. The number of piperidine rings is 1. The summed E-state index contributed by atoms with van der Waals surface area (Å²) in [5, 5.41) is 11.8. The van der Waals surface area contributed by atoms with Gasteiger partial charge in [0.05, 0.1) is 5.92 Å². The van der Waals surface area contributed by atoms with Crippen molar-refractivity contribution in [2.45, 2.75) is 12.8 Å². The minimum atomic E-state index is -0.689. The van der Waals surface area contributed by atoms with E-state index in [-0.39, 0.29) is 18.3 Å². The maximum absolute atomic E-state index is 10.8. The van der Waals surface area contributed by atoms with Gasteiger partial charge in [0.15, 0.2) is 5.13 Å². The summed E-state index contributed by atoms with van der Waals surface area (Å²) in [5.74, 6) is -0.918. The normalized spacial score (nSPS) is 20.8. The summed E-state index contributed by atoms with van der Waals surface area (Å²) in [4.78, 5) is 17.1. The molecule has 15 heavy (non-hydrogen) atoms. The zero-order valence-electron chi connectivity index (χ0n) is 8.13. The highest BCUT2D eigenvalue weighted by molar-refractivity contribution is 7.13. The molecule has 84 valence electrons. The lowest BCUT2D eigenvalue weighted by Crippen LogP contribution is -2.38. The molecule has 1 aromatic rings. The number of aliphatic carboxylic acids is 1. The molecular weight excluding hydrogens is 236 g/mol. The Balaban J connectivity index is 0.00000112. The Morgan fingerprint density at radius 3 is 3.07 bits per heavy atom. The van der Waals surface area contributed by atoms with Crippen molar-refractivity contribution in [1.29, 1.82) is 0 Å². The Hall–Kier alpha value is -0.810. The van der Waals surface area contributed by atoms with Gasteiger partial charge >= 0.3 is 5.97 Å². The fourth-order valence-corrected chi connectivity index (χ4v) is 2.40. The molecule has 6 heteroatoms. The molecule has 0 aliphatic carbocycles. The molecule has 0 aromatic carbocycles. The maximum Gasteiger partial charge on any atom is 0.308 e. The number of halogens is 1. The third-order valence-corrected chi connectivity index (χ3v) is 3.29. The number of aromatic nitrogens is 1. The van der Waals surface area contributed by atoms with Crippen LogP contribution in [0.1, 0.15) is 12.8 Å². The quantitative estimate of drug-likeness (QED) is 0.868. The molecule has 1 saturated heterocycles. The molecule has 1 atom stereocenters. The van der Waals surface area contributed by atoms with Crippen LogP contribution in [0.15, 0.2) is 11.6 Å². The van der Waals surface area contributed by atoms with Crippen LogP contribution in [-0.2, 0) is 4.79 Å². The van der Waals surface area contributed by atoms with Crippen LogP contribution in [0.3, 0.4) is 0 Å². The van der Waals surface area contributed by atoms with Crippen molar-refractivity contribution in [2.75, 3.05) is 18.0 Å². The first-order valence-electron chi connectivity index (χ1n) is 4.64. The SMILES string of the molecule is Cl.O=C(O)C1CCCN(c2nccs2)C1. The third-order valence-electron chi connectivity index (χ3n) is 2.46. The summed E-state index contributed by atoms with van der Waals surface area (Å²) < 4.78 is 0. The Kier molecular flexibility index (Phi) is 4.35. The van der Waals surface area contributed by atoms with Gasteiger partial charge in [-0.15, -0.1) is 23.7 Å². The molecule has 2 rings (SSSR count). The highest BCUT2D eigenvalue weighted by Gasteiger charge is 2.26. The molecule has 1 N–H and O–H groups in total. The number of carboxylic acids is 1. The number of hydrogen-bond acceptors (Lipinski definition) is 4. The standard InChI is InChI=1S/C9H12N2O2S.ClH/c12-8(13)7-2-1-4-11(6-7)9-10-3-5-14-9;/h3,5,7H,1-2,4,6H2,(H,12,13);1H. The molecule has 1 unspecified atom stereocenters.